The van der Waals surface area contributed by atoms with Crippen molar-refractivity contribution in [3.8, 4) is 11.5 Å². The number of ketones is 1. The first kappa shape index (κ1) is 19.2. The van der Waals surface area contributed by atoms with E-state index in [9.17, 15) is 9.59 Å². The van der Waals surface area contributed by atoms with Crippen LogP contribution in [-0.2, 0) is 11.3 Å². The second-order valence-corrected chi connectivity index (χ2v) is 6.83. The normalized spacial score (nSPS) is 13.9. The van der Waals surface area contributed by atoms with E-state index in [1.54, 1.807) is 25.3 Å². The Hall–Kier alpha value is -2.60. The Bertz CT molecular complexity index is 856. The Labute approximate surface area is 158 Å². The molecule has 1 aliphatic carbocycles. The molecule has 0 saturated heterocycles. The molecule has 27 heavy (non-hydrogen) atoms. The van der Waals surface area contributed by atoms with E-state index < -0.39 is 0 Å². The first-order valence-corrected chi connectivity index (χ1v) is 9.11. The predicted octanol–water partition coefficient (Wildman–Crippen LogP) is 3.26. The van der Waals surface area contributed by atoms with Gasteiger partial charge in [-0.2, -0.15) is 0 Å². The topological polar surface area (TPSA) is 66.8 Å². The molecule has 6 nitrogen and oxygen atoms in total. The highest BCUT2D eigenvalue weighted by Crippen LogP contribution is 2.29. The third-order valence-corrected chi connectivity index (χ3v) is 4.91. The zero-order chi connectivity index (χ0) is 19.4. The highest BCUT2D eigenvalue weighted by molar-refractivity contribution is 5.96. The summed E-state index contributed by atoms with van der Waals surface area (Å²) in [6, 6.07) is 8.17. The highest BCUT2D eigenvalue weighted by Gasteiger charge is 2.18. The van der Waals surface area contributed by atoms with Crippen LogP contribution in [0.2, 0.25) is 0 Å². The van der Waals surface area contributed by atoms with Crippen molar-refractivity contribution < 1.29 is 19.0 Å². The third-order valence-electron chi connectivity index (χ3n) is 4.91. The van der Waals surface area contributed by atoms with Gasteiger partial charge in [0.2, 0.25) is 0 Å². The largest absolute Gasteiger partial charge is 0.493 e. The molecule has 1 heterocycles. The van der Waals surface area contributed by atoms with Crippen molar-refractivity contribution in [3.05, 3.63) is 57.5 Å². The van der Waals surface area contributed by atoms with Crippen LogP contribution >= 0.6 is 0 Å². The van der Waals surface area contributed by atoms with E-state index in [-0.39, 0.29) is 30.7 Å². The van der Waals surface area contributed by atoms with E-state index in [4.69, 9.17) is 14.2 Å². The number of aromatic nitrogens is 1. The Morgan fingerprint density at radius 3 is 2.41 bits per heavy atom. The third kappa shape index (κ3) is 4.57. The van der Waals surface area contributed by atoms with Gasteiger partial charge in [0, 0.05) is 29.1 Å². The molecule has 0 bridgehead atoms. The van der Waals surface area contributed by atoms with Gasteiger partial charge in [0.15, 0.2) is 29.5 Å². The van der Waals surface area contributed by atoms with Gasteiger partial charge in [-0.05, 0) is 51.3 Å². The molecule has 144 valence electrons. The van der Waals surface area contributed by atoms with E-state index in [0.29, 0.717) is 17.1 Å². The maximum Gasteiger partial charge on any atom is 0.189 e. The Balaban J connectivity index is 1.74. The molecular formula is C21H25NO5. The van der Waals surface area contributed by atoms with Gasteiger partial charge >= 0.3 is 0 Å². The molecule has 1 saturated carbocycles. The Kier molecular flexibility index (Phi) is 5.96. The quantitative estimate of drug-likeness (QED) is 0.526. The first-order valence-electron chi connectivity index (χ1n) is 9.11. The molecule has 0 unspecified atom stereocenters. The molecule has 0 amide bonds. The van der Waals surface area contributed by atoms with Crippen molar-refractivity contribution in [1.29, 1.82) is 0 Å². The molecule has 6 heteroatoms. The van der Waals surface area contributed by atoms with Crippen LogP contribution in [0.3, 0.4) is 0 Å². The van der Waals surface area contributed by atoms with Crippen molar-refractivity contribution in [2.75, 3.05) is 13.9 Å². The summed E-state index contributed by atoms with van der Waals surface area (Å²) in [4.78, 5) is 24.3. The molecule has 1 fully saturated rings. The highest BCUT2D eigenvalue weighted by atomic mass is 16.7. The lowest BCUT2D eigenvalue weighted by atomic mass is 9.96. The predicted molar refractivity (Wildman–Crippen MR) is 102 cm³/mol. The number of Topliss-reactive ketones (excluding diaryl/α,β-unsaturated/α-hetero) is 1. The molecule has 0 N–H and O–H groups in total. The van der Waals surface area contributed by atoms with Crippen LogP contribution in [0.4, 0.5) is 0 Å². The van der Waals surface area contributed by atoms with Gasteiger partial charge in [-0.1, -0.05) is 0 Å². The maximum absolute atomic E-state index is 12.8. The molecule has 0 spiro atoms. The van der Waals surface area contributed by atoms with E-state index in [2.05, 4.69) is 0 Å². The van der Waals surface area contributed by atoms with E-state index in [0.717, 1.165) is 24.2 Å². The van der Waals surface area contributed by atoms with Crippen molar-refractivity contribution in [3.63, 3.8) is 0 Å². The number of hydrogen-bond donors (Lipinski definition) is 0. The van der Waals surface area contributed by atoms with Crippen molar-refractivity contribution in [2.24, 2.45) is 0 Å². The summed E-state index contributed by atoms with van der Waals surface area (Å²) in [6.07, 6.45) is 3.60. The van der Waals surface area contributed by atoms with Crippen LogP contribution < -0.4 is 14.9 Å². The second kappa shape index (κ2) is 8.39. The summed E-state index contributed by atoms with van der Waals surface area (Å²) < 4.78 is 18.5. The lowest BCUT2D eigenvalue weighted by Gasteiger charge is -2.25. The van der Waals surface area contributed by atoms with Gasteiger partial charge in [0.25, 0.3) is 0 Å². The summed E-state index contributed by atoms with van der Waals surface area (Å²) in [5.74, 6) is 0.966. The summed E-state index contributed by atoms with van der Waals surface area (Å²) in [5, 5.41) is 0. The molecule has 1 aromatic carbocycles. The minimum atomic E-state index is -0.0720. The number of benzene rings is 1. The van der Waals surface area contributed by atoms with E-state index >= 15 is 0 Å². The number of pyridine rings is 1. The van der Waals surface area contributed by atoms with E-state index in [1.165, 1.54) is 18.6 Å². The van der Waals surface area contributed by atoms with Gasteiger partial charge in [-0.15, -0.1) is 0 Å². The van der Waals surface area contributed by atoms with Crippen LogP contribution in [0.5, 0.6) is 11.5 Å². The first-order chi connectivity index (χ1) is 13.0. The molecule has 0 atom stereocenters. The number of ether oxygens (including phenoxy) is 3. The molecule has 0 aliphatic heterocycles. The summed E-state index contributed by atoms with van der Waals surface area (Å²) >= 11 is 0. The number of carbonyl (C=O) groups excluding carboxylic acids is 1. The number of carbonyl (C=O) groups is 1. The fourth-order valence-corrected chi connectivity index (χ4v) is 3.07. The van der Waals surface area contributed by atoms with Crippen molar-refractivity contribution in [2.45, 2.75) is 45.8 Å². The van der Waals surface area contributed by atoms with Crippen LogP contribution in [0.15, 0.2) is 35.1 Å². The van der Waals surface area contributed by atoms with Crippen LogP contribution in [0.25, 0.3) is 0 Å². The van der Waals surface area contributed by atoms with E-state index in [1.807, 2.05) is 18.4 Å². The maximum atomic E-state index is 12.8. The van der Waals surface area contributed by atoms with Crippen LogP contribution in [-0.4, -0.2) is 30.4 Å². The Morgan fingerprint density at radius 1 is 1.11 bits per heavy atom. The lowest BCUT2D eigenvalue weighted by Crippen LogP contribution is -2.23. The monoisotopic (exact) mass is 371 g/mol. The number of nitrogens with zero attached hydrogens (tertiary/aromatic N) is 1. The SMILES string of the molecule is COc1ccc(C(=O)Cn2c(C)cc(=O)cc2C)cc1OCOC1CCC1. The second-order valence-electron chi connectivity index (χ2n) is 6.83. The van der Waals surface area contributed by atoms with Crippen molar-refractivity contribution >= 4 is 5.78 Å². The zero-order valence-corrected chi connectivity index (χ0v) is 16.0. The minimum absolute atomic E-state index is 0.0553. The lowest BCUT2D eigenvalue weighted by molar-refractivity contribution is -0.0681. The fraction of sp³-hybridized carbons (Fsp3) is 0.429. The van der Waals surface area contributed by atoms with Gasteiger partial charge in [-0.3, -0.25) is 9.59 Å². The number of aryl methyl sites for hydroxylation is 2. The van der Waals surface area contributed by atoms with Crippen molar-refractivity contribution in [1.82, 2.24) is 4.57 Å². The molecule has 2 aromatic rings. The summed E-state index contributed by atoms with van der Waals surface area (Å²) in [5.41, 5.74) is 1.98. The zero-order valence-electron chi connectivity index (χ0n) is 16.0. The Morgan fingerprint density at radius 2 is 1.81 bits per heavy atom. The average Bonchev–Trinajstić information content (AvgIpc) is 2.59. The summed E-state index contributed by atoms with van der Waals surface area (Å²) in [7, 11) is 1.56. The molecule has 0 radical (unpaired) electrons. The number of methoxy groups -OCH3 is 1. The fourth-order valence-electron chi connectivity index (χ4n) is 3.07. The van der Waals surface area contributed by atoms with Gasteiger partial charge < -0.3 is 18.8 Å². The van der Waals surface area contributed by atoms with Crippen LogP contribution in [0.1, 0.15) is 41.0 Å². The van der Waals surface area contributed by atoms with Gasteiger partial charge in [-0.25, -0.2) is 0 Å². The van der Waals surface area contributed by atoms with Gasteiger partial charge in [0.1, 0.15) is 0 Å². The summed E-state index contributed by atoms with van der Waals surface area (Å²) in [6.45, 7) is 3.93. The minimum Gasteiger partial charge on any atom is -0.493 e. The van der Waals surface area contributed by atoms with Crippen LogP contribution in [0, 0.1) is 13.8 Å². The molecule has 3 rings (SSSR count). The standard InChI is InChI=1S/C21H25NO5/c1-14-9-17(23)10-15(2)22(14)12-19(24)16-7-8-20(25-3)21(11-16)27-13-26-18-5-4-6-18/h7-11,18H,4-6,12-13H2,1-3H3. The average molecular weight is 371 g/mol. The number of hydrogen-bond acceptors (Lipinski definition) is 5. The smallest absolute Gasteiger partial charge is 0.189 e. The molecule has 1 aliphatic rings. The van der Waals surface area contributed by atoms with Gasteiger partial charge in [0.05, 0.1) is 19.8 Å². The number of rotatable bonds is 8. The molecule has 1 aromatic heterocycles. The molecular weight excluding hydrogens is 346 g/mol.